The molecule has 0 saturated heterocycles. The number of hydrogen-bond donors (Lipinski definition) is 1. The molecule has 0 bridgehead atoms. The lowest BCUT2D eigenvalue weighted by atomic mass is 10.2. The molecule has 1 aromatic carbocycles. The van der Waals surface area contributed by atoms with E-state index in [0.29, 0.717) is 22.1 Å². The molecule has 0 heterocycles. The molecule has 0 aliphatic carbocycles. The van der Waals surface area contributed by atoms with Crippen molar-refractivity contribution >= 4 is 28.1 Å². The second-order valence-corrected chi connectivity index (χ2v) is 3.82. The summed E-state index contributed by atoms with van der Waals surface area (Å²) in [4.78, 5) is 21.4. The van der Waals surface area contributed by atoms with Crippen LogP contribution < -0.4 is 10.5 Å². The number of rotatable bonds is 4. The Labute approximate surface area is 95.5 Å². The first-order valence-corrected chi connectivity index (χ1v) is 5.04. The third-order valence-corrected chi connectivity index (χ3v) is 2.53. The maximum Gasteiger partial charge on any atom is 0.258 e. The highest BCUT2D eigenvalue weighted by Crippen LogP contribution is 2.21. The van der Waals surface area contributed by atoms with E-state index < -0.39 is 12.0 Å². The highest BCUT2D eigenvalue weighted by atomic mass is 79.9. The van der Waals surface area contributed by atoms with Gasteiger partial charge in [0.2, 0.25) is 0 Å². The highest BCUT2D eigenvalue weighted by Gasteiger charge is 2.10. The van der Waals surface area contributed by atoms with Crippen molar-refractivity contribution in [1.29, 1.82) is 0 Å². The average molecular weight is 272 g/mol. The zero-order valence-corrected chi connectivity index (χ0v) is 9.65. The zero-order chi connectivity index (χ0) is 11.4. The van der Waals surface area contributed by atoms with E-state index in [1.807, 2.05) is 0 Å². The third-order valence-electron chi connectivity index (χ3n) is 1.81. The molecule has 0 aliphatic heterocycles. The van der Waals surface area contributed by atoms with Gasteiger partial charge in [-0.05, 0) is 25.1 Å². The van der Waals surface area contributed by atoms with Crippen LogP contribution in [0, 0.1) is 0 Å². The molecule has 1 amide bonds. The van der Waals surface area contributed by atoms with Gasteiger partial charge in [-0.25, -0.2) is 0 Å². The molecule has 0 radical (unpaired) electrons. The normalized spacial score (nSPS) is 11.9. The van der Waals surface area contributed by atoms with Crippen molar-refractivity contribution in [3.05, 3.63) is 28.2 Å². The number of benzene rings is 1. The van der Waals surface area contributed by atoms with Gasteiger partial charge in [-0.15, -0.1) is 0 Å². The number of nitrogens with two attached hydrogens (primary N) is 1. The molecular formula is C10H10BrNO3. The molecule has 0 fully saturated rings. The summed E-state index contributed by atoms with van der Waals surface area (Å²) in [6.45, 7) is 1.55. The predicted molar refractivity (Wildman–Crippen MR) is 58.8 cm³/mol. The molecular weight excluding hydrogens is 262 g/mol. The number of hydrogen-bond acceptors (Lipinski definition) is 3. The SMILES string of the molecule is CC(Oc1ccc(Br)c(C=O)c1)C(N)=O. The van der Waals surface area contributed by atoms with Crippen LogP contribution in [0.25, 0.3) is 0 Å². The fourth-order valence-electron chi connectivity index (χ4n) is 0.948. The van der Waals surface area contributed by atoms with E-state index in [4.69, 9.17) is 10.5 Å². The molecule has 5 heteroatoms. The lowest BCUT2D eigenvalue weighted by Gasteiger charge is -2.11. The van der Waals surface area contributed by atoms with E-state index in [1.54, 1.807) is 19.1 Å². The quantitative estimate of drug-likeness (QED) is 0.845. The molecule has 0 spiro atoms. The number of primary amides is 1. The monoisotopic (exact) mass is 271 g/mol. The van der Waals surface area contributed by atoms with Gasteiger partial charge in [0, 0.05) is 10.0 Å². The van der Waals surface area contributed by atoms with Gasteiger partial charge >= 0.3 is 0 Å². The minimum Gasteiger partial charge on any atom is -0.481 e. The molecule has 15 heavy (non-hydrogen) atoms. The Morgan fingerprint density at radius 3 is 2.80 bits per heavy atom. The first kappa shape index (κ1) is 11.7. The summed E-state index contributed by atoms with van der Waals surface area (Å²) in [6.07, 6.45) is -0.0167. The lowest BCUT2D eigenvalue weighted by Crippen LogP contribution is -2.30. The van der Waals surface area contributed by atoms with Crippen molar-refractivity contribution in [3.63, 3.8) is 0 Å². The van der Waals surface area contributed by atoms with E-state index in [-0.39, 0.29) is 0 Å². The topological polar surface area (TPSA) is 69.4 Å². The minimum atomic E-state index is -0.717. The maximum absolute atomic E-state index is 10.7. The van der Waals surface area contributed by atoms with Gasteiger partial charge in [0.15, 0.2) is 12.4 Å². The molecule has 1 atom stereocenters. The first-order valence-electron chi connectivity index (χ1n) is 4.25. The Bertz CT molecular complexity index is 392. The molecule has 0 aliphatic rings. The van der Waals surface area contributed by atoms with Crippen LogP contribution in [0.4, 0.5) is 0 Å². The standard InChI is InChI=1S/C10H10BrNO3/c1-6(10(12)14)15-8-2-3-9(11)7(4-8)5-13/h2-6H,1H3,(H2,12,14). The van der Waals surface area contributed by atoms with Crippen LogP contribution in [-0.4, -0.2) is 18.3 Å². The van der Waals surface area contributed by atoms with Crippen LogP contribution in [0.1, 0.15) is 17.3 Å². The van der Waals surface area contributed by atoms with E-state index >= 15 is 0 Å². The van der Waals surface area contributed by atoms with Gasteiger partial charge in [0.25, 0.3) is 5.91 Å². The van der Waals surface area contributed by atoms with Crippen molar-refractivity contribution in [1.82, 2.24) is 0 Å². The van der Waals surface area contributed by atoms with Crippen molar-refractivity contribution in [3.8, 4) is 5.75 Å². The van der Waals surface area contributed by atoms with Crippen LogP contribution >= 0.6 is 15.9 Å². The maximum atomic E-state index is 10.7. The molecule has 80 valence electrons. The molecule has 1 unspecified atom stereocenters. The molecule has 0 saturated carbocycles. The summed E-state index contributed by atoms with van der Waals surface area (Å²) in [5, 5.41) is 0. The number of halogens is 1. The average Bonchev–Trinajstić information content (AvgIpc) is 2.20. The van der Waals surface area contributed by atoms with Gasteiger partial charge in [-0.3, -0.25) is 9.59 Å². The summed E-state index contributed by atoms with van der Waals surface area (Å²) in [5.74, 6) is -0.114. The largest absolute Gasteiger partial charge is 0.481 e. The van der Waals surface area contributed by atoms with Crippen molar-refractivity contribution in [2.75, 3.05) is 0 Å². The van der Waals surface area contributed by atoms with Crippen LogP contribution in [0.15, 0.2) is 22.7 Å². The summed E-state index contributed by atoms with van der Waals surface area (Å²) in [6, 6.07) is 4.86. The smallest absolute Gasteiger partial charge is 0.258 e. The van der Waals surface area contributed by atoms with E-state index in [0.717, 1.165) is 0 Å². The van der Waals surface area contributed by atoms with E-state index in [1.165, 1.54) is 6.07 Å². The van der Waals surface area contributed by atoms with E-state index in [9.17, 15) is 9.59 Å². The molecule has 2 N–H and O–H groups in total. The third kappa shape index (κ3) is 3.06. The van der Waals surface area contributed by atoms with Gasteiger partial charge in [0.05, 0.1) is 0 Å². The van der Waals surface area contributed by atoms with Crippen molar-refractivity contribution in [2.24, 2.45) is 5.73 Å². The predicted octanol–water partition coefficient (Wildman–Crippen LogP) is 1.51. The Hall–Kier alpha value is -1.36. The fourth-order valence-corrected chi connectivity index (χ4v) is 1.29. The minimum absolute atomic E-state index is 0.437. The summed E-state index contributed by atoms with van der Waals surface area (Å²) < 4.78 is 5.90. The zero-order valence-electron chi connectivity index (χ0n) is 8.07. The Balaban J connectivity index is 2.87. The Morgan fingerprint density at radius 2 is 2.27 bits per heavy atom. The first-order chi connectivity index (χ1) is 7.04. The van der Waals surface area contributed by atoms with Crippen molar-refractivity contribution < 1.29 is 14.3 Å². The molecule has 1 aromatic rings. The number of amides is 1. The van der Waals surface area contributed by atoms with E-state index in [2.05, 4.69) is 15.9 Å². The number of carbonyl (C=O) groups is 2. The summed E-state index contributed by atoms with van der Waals surface area (Å²) >= 11 is 3.21. The van der Waals surface area contributed by atoms with Crippen molar-refractivity contribution in [2.45, 2.75) is 13.0 Å². The number of carbonyl (C=O) groups excluding carboxylic acids is 2. The Kier molecular flexibility index (Phi) is 3.85. The van der Waals surface area contributed by atoms with Crippen LogP contribution in [0.3, 0.4) is 0 Å². The van der Waals surface area contributed by atoms with Crippen LogP contribution in [0.5, 0.6) is 5.75 Å². The second kappa shape index (κ2) is 4.93. The molecule has 1 rings (SSSR count). The van der Waals surface area contributed by atoms with Crippen LogP contribution in [-0.2, 0) is 4.79 Å². The molecule has 0 aromatic heterocycles. The fraction of sp³-hybridized carbons (Fsp3) is 0.200. The van der Waals surface area contributed by atoms with Gasteiger partial charge in [-0.2, -0.15) is 0 Å². The summed E-state index contributed by atoms with van der Waals surface area (Å²) in [5.41, 5.74) is 5.50. The van der Waals surface area contributed by atoms with Gasteiger partial charge in [0.1, 0.15) is 5.75 Å². The second-order valence-electron chi connectivity index (χ2n) is 2.96. The van der Waals surface area contributed by atoms with Gasteiger partial charge in [-0.1, -0.05) is 15.9 Å². The van der Waals surface area contributed by atoms with Gasteiger partial charge < -0.3 is 10.5 Å². The van der Waals surface area contributed by atoms with Crippen LogP contribution in [0.2, 0.25) is 0 Å². The summed E-state index contributed by atoms with van der Waals surface area (Å²) in [7, 11) is 0. The molecule has 4 nitrogen and oxygen atoms in total. The number of ether oxygens (including phenoxy) is 1. The highest BCUT2D eigenvalue weighted by molar-refractivity contribution is 9.10. The Morgan fingerprint density at radius 1 is 1.60 bits per heavy atom. The lowest BCUT2D eigenvalue weighted by molar-refractivity contribution is -0.123. The number of aldehydes is 1.